The summed E-state index contributed by atoms with van der Waals surface area (Å²) in [5, 5.41) is 8.46. The smallest absolute Gasteiger partial charge is 0.279 e. The second kappa shape index (κ2) is 9.09. The van der Waals surface area contributed by atoms with E-state index < -0.39 is 0 Å². The number of hydrogen-bond donors (Lipinski definition) is 2. The highest BCUT2D eigenvalue weighted by molar-refractivity contribution is 6.04. The van der Waals surface area contributed by atoms with Gasteiger partial charge in [-0.15, -0.1) is 0 Å². The molecule has 0 radical (unpaired) electrons. The molecule has 1 amide bonds. The fourth-order valence-corrected chi connectivity index (χ4v) is 3.94. The number of carbonyl (C=O) groups is 1. The summed E-state index contributed by atoms with van der Waals surface area (Å²) < 4.78 is 6.76. The molecule has 7 nitrogen and oxygen atoms in total. The first kappa shape index (κ1) is 20.1. The van der Waals surface area contributed by atoms with Crippen LogP contribution in [-0.4, -0.2) is 48.5 Å². The van der Waals surface area contributed by atoms with Crippen molar-refractivity contribution in [3.05, 3.63) is 64.6 Å². The van der Waals surface area contributed by atoms with Gasteiger partial charge in [0, 0.05) is 18.2 Å². The van der Waals surface area contributed by atoms with E-state index >= 15 is 0 Å². The lowest BCUT2D eigenvalue weighted by Crippen LogP contribution is -3.10. The van der Waals surface area contributed by atoms with Gasteiger partial charge in [-0.2, -0.15) is 9.78 Å². The SMILES string of the molecule is CCOc1ccc(-n2nc(C(=O)NCC[NH+]3CCCC3)c3ccccc3c2=O)cc1. The minimum absolute atomic E-state index is 0.257. The van der Waals surface area contributed by atoms with Gasteiger partial charge in [-0.1, -0.05) is 18.2 Å². The standard InChI is InChI=1S/C23H26N4O3/c1-2-30-18-11-9-17(10-12-18)27-23(29)20-8-4-3-7-19(20)21(25-27)22(28)24-13-16-26-14-5-6-15-26/h3-4,7-12H,2,5-6,13-16H2,1H3,(H,24,28)/p+1. The van der Waals surface area contributed by atoms with E-state index in [9.17, 15) is 9.59 Å². The van der Waals surface area contributed by atoms with Crippen molar-refractivity contribution in [2.24, 2.45) is 0 Å². The zero-order valence-electron chi connectivity index (χ0n) is 17.2. The van der Waals surface area contributed by atoms with Crippen LogP contribution >= 0.6 is 0 Å². The Bertz CT molecular complexity index is 1090. The molecule has 0 atom stereocenters. The van der Waals surface area contributed by atoms with Crippen LogP contribution in [0.2, 0.25) is 0 Å². The Kier molecular flexibility index (Phi) is 6.09. The van der Waals surface area contributed by atoms with Crippen molar-refractivity contribution in [2.45, 2.75) is 19.8 Å². The Morgan fingerprint density at radius 1 is 1.10 bits per heavy atom. The van der Waals surface area contributed by atoms with Gasteiger partial charge in [0.05, 0.1) is 43.9 Å². The van der Waals surface area contributed by atoms with Crippen LogP contribution in [0, 0.1) is 0 Å². The van der Waals surface area contributed by atoms with Crippen molar-refractivity contribution < 1.29 is 14.4 Å². The number of amides is 1. The number of likely N-dealkylation sites (tertiary alicyclic amines) is 1. The van der Waals surface area contributed by atoms with Gasteiger partial charge in [0.15, 0.2) is 5.69 Å². The third kappa shape index (κ3) is 4.21. The molecule has 0 unspecified atom stereocenters. The number of fused-ring (bicyclic) bond motifs is 1. The molecule has 4 rings (SSSR count). The van der Waals surface area contributed by atoms with Crippen molar-refractivity contribution in [3.63, 3.8) is 0 Å². The van der Waals surface area contributed by atoms with Crippen LogP contribution in [-0.2, 0) is 0 Å². The van der Waals surface area contributed by atoms with Gasteiger partial charge in [0.25, 0.3) is 11.5 Å². The number of nitrogens with zero attached hydrogens (tertiary/aromatic N) is 2. The lowest BCUT2D eigenvalue weighted by Gasteiger charge is -2.14. The second-order valence-electron chi connectivity index (χ2n) is 7.50. The molecule has 3 aromatic rings. The molecular weight excluding hydrogens is 380 g/mol. The lowest BCUT2D eigenvalue weighted by atomic mass is 10.1. The zero-order chi connectivity index (χ0) is 20.9. The van der Waals surface area contributed by atoms with E-state index in [4.69, 9.17) is 4.74 Å². The maximum absolute atomic E-state index is 13.0. The Morgan fingerprint density at radius 3 is 2.50 bits per heavy atom. The summed E-state index contributed by atoms with van der Waals surface area (Å²) in [6, 6.07) is 14.2. The molecule has 1 saturated heterocycles. The average molecular weight is 407 g/mol. The molecule has 0 saturated carbocycles. The van der Waals surface area contributed by atoms with Crippen LogP contribution in [0.4, 0.5) is 0 Å². The first-order valence-corrected chi connectivity index (χ1v) is 10.5. The molecule has 1 aliphatic heterocycles. The molecule has 7 heteroatoms. The number of quaternary nitrogens is 1. The van der Waals surface area contributed by atoms with Gasteiger partial charge in [0.2, 0.25) is 0 Å². The van der Waals surface area contributed by atoms with E-state index in [0.29, 0.717) is 29.6 Å². The van der Waals surface area contributed by atoms with Crippen LogP contribution in [0.5, 0.6) is 5.75 Å². The van der Waals surface area contributed by atoms with Crippen LogP contribution in [0.1, 0.15) is 30.3 Å². The van der Waals surface area contributed by atoms with Gasteiger partial charge < -0.3 is 15.0 Å². The van der Waals surface area contributed by atoms with Crippen molar-refractivity contribution in [1.82, 2.24) is 15.1 Å². The van der Waals surface area contributed by atoms with E-state index in [0.717, 1.165) is 12.3 Å². The average Bonchev–Trinajstić information content (AvgIpc) is 3.29. The third-order valence-electron chi connectivity index (χ3n) is 5.49. The highest BCUT2D eigenvalue weighted by atomic mass is 16.5. The highest BCUT2D eigenvalue weighted by Gasteiger charge is 2.19. The van der Waals surface area contributed by atoms with Crippen molar-refractivity contribution in [3.8, 4) is 11.4 Å². The summed E-state index contributed by atoms with van der Waals surface area (Å²) in [5.41, 5.74) is 0.591. The van der Waals surface area contributed by atoms with Gasteiger partial charge >= 0.3 is 0 Å². The maximum atomic E-state index is 13.0. The number of nitrogens with one attached hydrogen (secondary N) is 2. The van der Waals surface area contributed by atoms with Gasteiger partial charge in [-0.25, -0.2) is 0 Å². The fourth-order valence-electron chi connectivity index (χ4n) is 3.94. The van der Waals surface area contributed by atoms with E-state index in [1.54, 1.807) is 42.5 Å². The van der Waals surface area contributed by atoms with Crippen LogP contribution < -0.4 is 20.5 Å². The molecule has 0 aliphatic carbocycles. The maximum Gasteiger partial charge on any atom is 0.279 e. The van der Waals surface area contributed by atoms with Gasteiger partial charge in [-0.05, 0) is 37.3 Å². The zero-order valence-corrected chi connectivity index (χ0v) is 17.2. The van der Waals surface area contributed by atoms with Gasteiger partial charge in [-0.3, -0.25) is 9.59 Å². The molecule has 0 bridgehead atoms. The molecule has 2 N–H and O–H groups in total. The number of ether oxygens (including phenoxy) is 1. The van der Waals surface area contributed by atoms with E-state index in [1.807, 2.05) is 13.0 Å². The number of benzene rings is 2. The Morgan fingerprint density at radius 2 is 1.80 bits per heavy atom. The predicted octanol–water partition coefficient (Wildman–Crippen LogP) is 1.19. The normalized spacial score (nSPS) is 14.2. The summed E-state index contributed by atoms with van der Waals surface area (Å²) in [4.78, 5) is 27.5. The largest absolute Gasteiger partial charge is 0.494 e. The summed E-state index contributed by atoms with van der Waals surface area (Å²) >= 11 is 0. The van der Waals surface area contributed by atoms with Crippen molar-refractivity contribution in [1.29, 1.82) is 0 Å². The lowest BCUT2D eigenvalue weighted by molar-refractivity contribution is -0.886. The Balaban J connectivity index is 1.65. The first-order valence-electron chi connectivity index (χ1n) is 10.5. The number of hydrogen-bond acceptors (Lipinski definition) is 4. The van der Waals surface area contributed by atoms with Crippen LogP contribution in [0.25, 0.3) is 16.5 Å². The molecule has 30 heavy (non-hydrogen) atoms. The van der Waals surface area contributed by atoms with E-state index in [1.165, 1.54) is 35.5 Å². The molecule has 1 fully saturated rings. The monoisotopic (exact) mass is 407 g/mol. The number of rotatable bonds is 7. The molecule has 2 aromatic carbocycles. The summed E-state index contributed by atoms with van der Waals surface area (Å²) in [6.45, 7) is 6.31. The highest BCUT2D eigenvalue weighted by Crippen LogP contribution is 2.17. The number of aromatic nitrogens is 2. The topological polar surface area (TPSA) is 77.7 Å². The second-order valence-corrected chi connectivity index (χ2v) is 7.50. The quantitative estimate of drug-likeness (QED) is 0.617. The minimum atomic E-state index is -0.260. The molecule has 0 spiro atoms. The molecule has 156 valence electrons. The predicted molar refractivity (Wildman–Crippen MR) is 116 cm³/mol. The molecule has 1 aromatic heterocycles. The van der Waals surface area contributed by atoms with Gasteiger partial charge in [0.1, 0.15) is 5.75 Å². The fraction of sp³-hybridized carbons (Fsp3) is 0.348. The third-order valence-corrected chi connectivity index (χ3v) is 5.49. The van der Waals surface area contributed by atoms with Crippen LogP contribution in [0.3, 0.4) is 0 Å². The van der Waals surface area contributed by atoms with Crippen LogP contribution in [0.15, 0.2) is 53.3 Å². The summed E-state index contributed by atoms with van der Waals surface area (Å²) in [7, 11) is 0. The van der Waals surface area contributed by atoms with E-state index in [2.05, 4.69) is 10.4 Å². The number of carbonyl (C=O) groups excluding carboxylic acids is 1. The Hall–Kier alpha value is -3.19. The molecule has 2 heterocycles. The van der Waals surface area contributed by atoms with Crippen molar-refractivity contribution in [2.75, 3.05) is 32.8 Å². The summed E-state index contributed by atoms with van der Waals surface area (Å²) in [6.07, 6.45) is 2.51. The first-order chi connectivity index (χ1) is 14.7. The van der Waals surface area contributed by atoms with Crippen molar-refractivity contribution >= 4 is 16.7 Å². The Labute approximate surface area is 175 Å². The summed E-state index contributed by atoms with van der Waals surface area (Å²) in [5.74, 6) is 0.460. The van der Waals surface area contributed by atoms with E-state index in [-0.39, 0.29) is 17.2 Å². The molecule has 1 aliphatic rings. The molecular formula is C23H27N4O3+. The minimum Gasteiger partial charge on any atom is -0.494 e.